The highest BCUT2D eigenvalue weighted by atomic mass is 79.9. The molecule has 12 heteroatoms. The Morgan fingerprint density at radius 1 is 1.10 bits per heavy atom. The fraction of sp³-hybridized carbons (Fsp3) is 0.704. The molecule has 0 aromatic heterocycles. The summed E-state index contributed by atoms with van der Waals surface area (Å²) in [6.45, 7) is 13.9. The number of alkyl halides is 1. The van der Waals surface area contributed by atoms with Gasteiger partial charge in [0, 0.05) is 36.0 Å². The summed E-state index contributed by atoms with van der Waals surface area (Å²) < 4.78 is 32.3. The first kappa shape index (κ1) is 33.3. The number of amides is 2. The first-order chi connectivity index (χ1) is 18.0. The molecule has 2 aliphatic heterocycles. The van der Waals surface area contributed by atoms with Crippen molar-refractivity contribution in [1.82, 2.24) is 19.8 Å². The molecule has 2 aliphatic rings. The molecule has 2 saturated heterocycles. The van der Waals surface area contributed by atoms with E-state index in [1.165, 1.54) is 4.31 Å². The predicted octanol–water partition coefficient (Wildman–Crippen LogP) is 4.78. The van der Waals surface area contributed by atoms with E-state index in [0.29, 0.717) is 36.2 Å². The van der Waals surface area contributed by atoms with Crippen LogP contribution in [-0.2, 0) is 20.1 Å². The minimum absolute atomic E-state index is 0.0739. The normalized spacial score (nSPS) is 18.0. The molecule has 3 N–H and O–H groups in total. The van der Waals surface area contributed by atoms with Crippen molar-refractivity contribution in [3.8, 4) is 0 Å². The zero-order valence-electron chi connectivity index (χ0n) is 24.0. The molecule has 0 atom stereocenters. The third-order valence-electron chi connectivity index (χ3n) is 6.47. The third kappa shape index (κ3) is 10.5. The Morgan fingerprint density at radius 3 is 2.18 bits per heavy atom. The van der Waals surface area contributed by atoms with Crippen LogP contribution in [0, 0.1) is 0 Å². The zero-order chi connectivity index (χ0) is 29.4. The number of carboxylic acid groups (broad SMARTS) is 1. The van der Waals surface area contributed by atoms with Crippen molar-refractivity contribution in [2.24, 2.45) is 0 Å². The van der Waals surface area contributed by atoms with Gasteiger partial charge in [0.15, 0.2) is 0 Å². The average molecular weight is 634 g/mol. The van der Waals surface area contributed by atoms with E-state index >= 15 is 0 Å². The van der Waals surface area contributed by atoms with Crippen molar-refractivity contribution in [2.45, 2.75) is 101 Å². The van der Waals surface area contributed by atoms with Crippen LogP contribution >= 0.6 is 15.9 Å². The van der Waals surface area contributed by atoms with Gasteiger partial charge in [-0.05, 0) is 98.0 Å². The van der Waals surface area contributed by atoms with Crippen LogP contribution in [0.15, 0.2) is 29.2 Å². The highest BCUT2D eigenvalue weighted by Crippen LogP contribution is 2.24. The third-order valence-corrected chi connectivity index (χ3v) is 9.01. The number of sulfonamides is 1. The lowest BCUT2D eigenvalue weighted by Gasteiger charge is -2.41. The SMILES string of the molecule is CC(C)(C)N(C(=O)O)C1CCNCC1.CC(C)(C)OC(=O)NC1CCN(S(=O)(=O)c2cccc(CBr)c2)CC1. The summed E-state index contributed by atoms with van der Waals surface area (Å²) in [6, 6.07) is 7.04. The average Bonchev–Trinajstić information content (AvgIpc) is 2.83. The van der Waals surface area contributed by atoms with Crippen molar-refractivity contribution in [3.05, 3.63) is 29.8 Å². The summed E-state index contributed by atoms with van der Waals surface area (Å²) in [7, 11) is -3.51. The summed E-state index contributed by atoms with van der Waals surface area (Å²) >= 11 is 3.35. The summed E-state index contributed by atoms with van der Waals surface area (Å²) in [5.74, 6) is 0. The fourth-order valence-corrected chi connectivity index (χ4v) is 6.60. The number of rotatable bonds is 5. The molecule has 0 saturated carbocycles. The van der Waals surface area contributed by atoms with Gasteiger partial charge in [0.25, 0.3) is 0 Å². The Morgan fingerprint density at radius 2 is 1.69 bits per heavy atom. The number of piperidine rings is 2. The van der Waals surface area contributed by atoms with E-state index in [2.05, 4.69) is 26.6 Å². The second-order valence-electron chi connectivity index (χ2n) is 11.9. The van der Waals surface area contributed by atoms with Crippen LogP contribution in [0.25, 0.3) is 0 Å². The topological polar surface area (TPSA) is 128 Å². The van der Waals surface area contributed by atoms with E-state index in [1.807, 2.05) is 47.6 Å². The molecule has 0 spiro atoms. The quantitative estimate of drug-likeness (QED) is 0.399. The van der Waals surface area contributed by atoms with Gasteiger partial charge in [0.1, 0.15) is 5.60 Å². The standard InChI is InChI=1S/C17H25BrN2O4S.C10H20N2O2/c1-17(2,3)24-16(21)19-14-7-9-20(10-8-14)25(22,23)15-6-4-5-13(11-15)12-18;1-10(2,3)12(9(13)14)8-4-6-11-7-5-8/h4-6,11,14H,7-10,12H2,1-3H3,(H,19,21);8,11H,4-7H2,1-3H3,(H,13,14). The van der Waals surface area contributed by atoms with Gasteiger partial charge in [-0.25, -0.2) is 18.0 Å². The number of halogens is 1. The molecule has 0 radical (unpaired) electrons. The number of carbonyl (C=O) groups excluding carboxylic acids is 1. The molecule has 1 aromatic carbocycles. The van der Waals surface area contributed by atoms with Gasteiger partial charge in [-0.1, -0.05) is 28.1 Å². The van der Waals surface area contributed by atoms with Crippen molar-refractivity contribution in [2.75, 3.05) is 26.2 Å². The molecule has 2 amide bonds. The van der Waals surface area contributed by atoms with Crippen LogP contribution in [0.2, 0.25) is 0 Å². The second kappa shape index (κ2) is 14.1. The molecular formula is C27H45BrN4O6S. The highest BCUT2D eigenvalue weighted by Gasteiger charge is 2.34. The molecule has 0 bridgehead atoms. The Hall–Kier alpha value is -1.89. The van der Waals surface area contributed by atoms with Crippen LogP contribution < -0.4 is 10.6 Å². The number of ether oxygens (including phenoxy) is 1. The van der Waals surface area contributed by atoms with Crippen LogP contribution in [-0.4, -0.2) is 84.3 Å². The van der Waals surface area contributed by atoms with Gasteiger partial charge in [-0.3, -0.25) is 0 Å². The van der Waals surface area contributed by atoms with Gasteiger partial charge in [0.05, 0.1) is 4.90 Å². The van der Waals surface area contributed by atoms with Crippen molar-refractivity contribution in [1.29, 1.82) is 0 Å². The van der Waals surface area contributed by atoms with Crippen molar-refractivity contribution < 1.29 is 27.9 Å². The molecule has 1 aromatic rings. The number of carbonyl (C=O) groups is 2. The first-order valence-electron chi connectivity index (χ1n) is 13.4. The van der Waals surface area contributed by atoms with Crippen LogP contribution in [0.4, 0.5) is 9.59 Å². The second-order valence-corrected chi connectivity index (χ2v) is 14.4. The van der Waals surface area contributed by atoms with E-state index in [1.54, 1.807) is 23.1 Å². The molecule has 0 aliphatic carbocycles. The summed E-state index contributed by atoms with van der Waals surface area (Å²) in [4.78, 5) is 24.9. The molecule has 0 unspecified atom stereocenters. The summed E-state index contributed by atoms with van der Waals surface area (Å²) in [6.07, 6.45) is 1.71. The lowest BCUT2D eigenvalue weighted by Crippen LogP contribution is -2.54. The lowest BCUT2D eigenvalue weighted by atomic mass is 9.98. The molecule has 2 fully saturated rings. The number of benzene rings is 1. The highest BCUT2D eigenvalue weighted by molar-refractivity contribution is 9.08. The lowest BCUT2D eigenvalue weighted by molar-refractivity contribution is 0.0488. The molecule has 10 nitrogen and oxygen atoms in total. The van der Waals surface area contributed by atoms with Crippen molar-refractivity contribution in [3.63, 3.8) is 0 Å². The van der Waals surface area contributed by atoms with Gasteiger partial charge < -0.3 is 25.4 Å². The van der Waals surface area contributed by atoms with Crippen LogP contribution in [0.5, 0.6) is 0 Å². The Balaban J connectivity index is 0.000000322. The Bertz CT molecular complexity index is 1060. The zero-order valence-corrected chi connectivity index (χ0v) is 26.4. The maximum Gasteiger partial charge on any atom is 0.407 e. The van der Waals surface area contributed by atoms with E-state index in [0.717, 1.165) is 31.5 Å². The maximum atomic E-state index is 12.8. The first-order valence-corrected chi connectivity index (χ1v) is 16.0. The summed E-state index contributed by atoms with van der Waals surface area (Å²) in [5, 5.41) is 15.8. The molecule has 222 valence electrons. The van der Waals surface area contributed by atoms with Gasteiger partial charge >= 0.3 is 12.2 Å². The number of nitrogens with zero attached hydrogens (tertiary/aromatic N) is 2. The van der Waals surface area contributed by atoms with Gasteiger partial charge in [0.2, 0.25) is 10.0 Å². The van der Waals surface area contributed by atoms with Crippen LogP contribution in [0.3, 0.4) is 0 Å². The minimum atomic E-state index is -3.51. The fourth-order valence-electron chi connectivity index (χ4n) is 4.71. The van der Waals surface area contributed by atoms with Gasteiger partial charge in [-0.2, -0.15) is 4.31 Å². The summed E-state index contributed by atoms with van der Waals surface area (Å²) in [5.41, 5.74) is 0.0742. The maximum absolute atomic E-state index is 12.8. The Labute approximate surface area is 242 Å². The van der Waals surface area contributed by atoms with E-state index in [4.69, 9.17) is 9.84 Å². The molecular weight excluding hydrogens is 588 g/mol. The van der Waals surface area contributed by atoms with E-state index in [-0.39, 0.29) is 17.6 Å². The molecule has 2 heterocycles. The molecule has 3 rings (SSSR count). The predicted molar refractivity (Wildman–Crippen MR) is 156 cm³/mol. The smallest absolute Gasteiger partial charge is 0.407 e. The van der Waals surface area contributed by atoms with Crippen molar-refractivity contribution >= 4 is 38.1 Å². The number of nitrogens with one attached hydrogen (secondary N) is 2. The van der Waals surface area contributed by atoms with E-state index < -0.39 is 27.8 Å². The van der Waals surface area contributed by atoms with Crippen LogP contribution in [0.1, 0.15) is 72.8 Å². The molecule has 39 heavy (non-hydrogen) atoms. The number of hydrogen-bond acceptors (Lipinski definition) is 6. The largest absolute Gasteiger partial charge is 0.465 e. The Kier molecular flexibility index (Phi) is 12.1. The number of alkyl carbamates (subject to hydrolysis) is 1. The monoisotopic (exact) mass is 632 g/mol. The van der Waals surface area contributed by atoms with Gasteiger partial charge in [-0.15, -0.1) is 0 Å². The van der Waals surface area contributed by atoms with E-state index in [9.17, 15) is 18.0 Å². The minimum Gasteiger partial charge on any atom is -0.465 e. The number of hydrogen-bond donors (Lipinski definition) is 3.